The van der Waals surface area contributed by atoms with Crippen LogP contribution in [0.3, 0.4) is 0 Å². The SMILES string of the molecule is FC(F)(F)Oc1ccccc1-c1c[c]([Na])c2[nH]c(-c3cc(C4CC4)no3)nc2c1. The molecule has 9 heteroatoms. The Kier molecular flexibility index (Phi) is 4.45. The molecule has 1 saturated carbocycles. The van der Waals surface area contributed by atoms with E-state index in [0.717, 1.165) is 26.9 Å². The number of alkyl halides is 3. The zero-order chi connectivity index (χ0) is 20.2. The Morgan fingerprint density at radius 3 is 2.69 bits per heavy atom. The van der Waals surface area contributed by atoms with Gasteiger partial charge in [0.05, 0.1) is 0 Å². The maximum absolute atomic E-state index is 12.8. The molecule has 0 spiro atoms. The molecule has 142 valence electrons. The molecule has 29 heavy (non-hydrogen) atoms. The number of H-pyrrole nitrogens is 1. The first-order chi connectivity index (χ1) is 13.9. The third kappa shape index (κ3) is 3.80. The number of aromatic nitrogens is 3. The average Bonchev–Trinajstić information content (AvgIpc) is 3.22. The molecule has 0 aliphatic heterocycles. The number of hydrogen-bond donors (Lipinski definition) is 1. The van der Waals surface area contributed by atoms with E-state index >= 15 is 0 Å². The first-order valence-electron chi connectivity index (χ1n) is 9.20. The number of halogens is 3. The minimum absolute atomic E-state index is 0.236. The number of hydrogen-bond acceptors (Lipinski definition) is 4. The predicted octanol–water partition coefficient (Wildman–Crippen LogP) is 4.45. The number of para-hydroxylation sites is 1. The number of nitrogens with zero attached hydrogens (tertiary/aromatic N) is 2. The second kappa shape index (κ2) is 6.90. The summed E-state index contributed by atoms with van der Waals surface area (Å²) in [5, 5.41) is 4.11. The molecule has 1 aliphatic rings. The third-order valence-corrected chi connectivity index (χ3v) is 5.76. The van der Waals surface area contributed by atoms with Crippen LogP contribution in [0.25, 0.3) is 33.7 Å². The molecule has 1 fully saturated rings. The van der Waals surface area contributed by atoms with Crippen molar-refractivity contribution in [2.75, 3.05) is 0 Å². The zero-order valence-corrected chi connectivity index (χ0v) is 17.4. The fourth-order valence-corrected chi connectivity index (χ4v) is 4.14. The van der Waals surface area contributed by atoms with Gasteiger partial charge in [-0.3, -0.25) is 0 Å². The van der Waals surface area contributed by atoms with Crippen LogP contribution in [0.2, 0.25) is 0 Å². The number of fused-ring (bicyclic) bond motifs is 1. The number of nitrogens with one attached hydrogen (secondary N) is 1. The Morgan fingerprint density at radius 2 is 1.93 bits per heavy atom. The van der Waals surface area contributed by atoms with Gasteiger partial charge in [0.25, 0.3) is 0 Å². The fourth-order valence-electron chi connectivity index (χ4n) is 3.45. The standard InChI is InChI=1S/C20H13F3N3O2.Na/c21-20(22,23)27-17-4-2-1-3-13(17)12-7-8-14-16(9-12)25-19(24-14)18-10-15(26-28-18)11-5-6-11;/h1-4,7,9-11H,5-6H2,(H,24,25);. The topological polar surface area (TPSA) is 63.9 Å². The van der Waals surface area contributed by atoms with Crippen LogP contribution in [0, 0.1) is 0 Å². The van der Waals surface area contributed by atoms with Crippen LogP contribution >= 0.6 is 0 Å². The van der Waals surface area contributed by atoms with Gasteiger partial charge in [0, 0.05) is 0 Å². The van der Waals surface area contributed by atoms with E-state index in [1.165, 1.54) is 12.1 Å². The van der Waals surface area contributed by atoms with Crippen LogP contribution in [0.5, 0.6) is 5.75 Å². The van der Waals surface area contributed by atoms with Gasteiger partial charge in [0.1, 0.15) is 0 Å². The second-order valence-corrected chi connectivity index (χ2v) is 8.28. The summed E-state index contributed by atoms with van der Waals surface area (Å²) in [6, 6.07) is 11.6. The Balaban J connectivity index is 1.57. The maximum atomic E-state index is 12.8. The van der Waals surface area contributed by atoms with Gasteiger partial charge in [0.15, 0.2) is 0 Å². The van der Waals surface area contributed by atoms with Crippen LogP contribution in [0.1, 0.15) is 24.5 Å². The Bertz CT molecular complexity index is 1210. The van der Waals surface area contributed by atoms with Crippen LogP contribution in [0.4, 0.5) is 13.2 Å². The molecular weight excluding hydrogens is 394 g/mol. The number of aromatic amines is 1. The second-order valence-electron chi connectivity index (χ2n) is 7.21. The minimum atomic E-state index is -4.75. The molecule has 0 saturated heterocycles. The van der Waals surface area contributed by atoms with Crippen molar-refractivity contribution >= 4 is 41.8 Å². The first-order valence-corrected chi connectivity index (χ1v) is 10.2. The molecule has 5 nitrogen and oxygen atoms in total. The molecule has 0 atom stereocenters. The van der Waals surface area contributed by atoms with Gasteiger partial charge < -0.3 is 0 Å². The molecule has 0 radical (unpaired) electrons. The van der Waals surface area contributed by atoms with Crippen molar-refractivity contribution in [3.05, 3.63) is 48.2 Å². The van der Waals surface area contributed by atoms with Gasteiger partial charge >= 0.3 is 181 Å². The van der Waals surface area contributed by atoms with Crippen molar-refractivity contribution in [2.24, 2.45) is 0 Å². The number of ether oxygens (including phenoxy) is 1. The summed E-state index contributed by atoms with van der Waals surface area (Å²) in [5.74, 6) is 1.36. The van der Waals surface area contributed by atoms with Crippen molar-refractivity contribution < 1.29 is 22.4 Å². The molecule has 0 amide bonds. The Labute approximate surface area is 180 Å². The van der Waals surface area contributed by atoms with Gasteiger partial charge in [-0.05, 0) is 0 Å². The monoisotopic (exact) mass is 407 g/mol. The molecular formula is C20H13F3N3NaO2. The third-order valence-electron chi connectivity index (χ3n) is 4.97. The van der Waals surface area contributed by atoms with E-state index in [2.05, 4.69) is 19.9 Å². The summed E-state index contributed by atoms with van der Waals surface area (Å²) >= 11 is 0.685. The van der Waals surface area contributed by atoms with E-state index in [-0.39, 0.29) is 5.75 Å². The summed E-state index contributed by atoms with van der Waals surface area (Å²) < 4.78 is 48.9. The summed E-state index contributed by atoms with van der Waals surface area (Å²) in [7, 11) is 0. The zero-order valence-electron chi connectivity index (χ0n) is 15.4. The quantitative estimate of drug-likeness (QED) is 0.508. The van der Waals surface area contributed by atoms with E-state index in [0.29, 0.717) is 62.1 Å². The molecule has 2 heterocycles. The Morgan fingerprint density at radius 1 is 1.14 bits per heavy atom. The van der Waals surface area contributed by atoms with E-state index in [1.54, 1.807) is 18.2 Å². The molecule has 1 N–H and O–H groups in total. The first kappa shape index (κ1) is 18.7. The molecule has 2 aromatic heterocycles. The van der Waals surface area contributed by atoms with E-state index in [1.807, 2.05) is 12.1 Å². The molecule has 0 unspecified atom stereocenters. The van der Waals surface area contributed by atoms with Gasteiger partial charge in [-0.1, -0.05) is 0 Å². The van der Waals surface area contributed by atoms with Gasteiger partial charge in [-0.25, -0.2) is 0 Å². The summed E-state index contributed by atoms with van der Waals surface area (Å²) in [6.45, 7) is 0. The number of rotatable bonds is 4. The van der Waals surface area contributed by atoms with Crippen LogP contribution in [0.15, 0.2) is 47.0 Å². The molecule has 4 aromatic rings. The Hall–Kier alpha value is -2.29. The molecule has 2 aromatic carbocycles. The van der Waals surface area contributed by atoms with Gasteiger partial charge in [-0.15, -0.1) is 0 Å². The normalized spacial score (nSPS) is 14.5. The van der Waals surface area contributed by atoms with Gasteiger partial charge in [0.2, 0.25) is 0 Å². The van der Waals surface area contributed by atoms with E-state index in [4.69, 9.17) is 4.52 Å². The number of benzene rings is 2. The molecule has 5 rings (SSSR count). The summed E-state index contributed by atoms with van der Waals surface area (Å²) in [6.07, 6.45) is -2.51. The average molecular weight is 407 g/mol. The number of imidazole rings is 1. The van der Waals surface area contributed by atoms with E-state index in [9.17, 15) is 13.2 Å². The van der Waals surface area contributed by atoms with Crippen molar-refractivity contribution in [3.8, 4) is 28.5 Å². The summed E-state index contributed by atoms with van der Waals surface area (Å²) in [4.78, 5) is 7.86. The van der Waals surface area contributed by atoms with Crippen molar-refractivity contribution in [3.63, 3.8) is 0 Å². The predicted molar refractivity (Wildman–Crippen MR) is 101 cm³/mol. The fraction of sp³-hybridized carbons (Fsp3) is 0.200. The van der Waals surface area contributed by atoms with Gasteiger partial charge in [-0.2, -0.15) is 0 Å². The summed E-state index contributed by atoms with van der Waals surface area (Å²) in [5.41, 5.74) is 3.44. The van der Waals surface area contributed by atoms with E-state index < -0.39 is 6.36 Å². The van der Waals surface area contributed by atoms with Crippen molar-refractivity contribution in [1.82, 2.24) is 15.1 Å². The molecule has 1 aliphatic carbocycles. The van der Waals surface area contributed by atoms with Crippen LogP contribution in [-0.4, -0.2) is 49.4 Å². The van der Waals surface area contributed by atoms with Crippen molar-refractivity contribution in [1.29, 1.82) is 0 Å². The van der Waals surface area contributed by atoms with Crippen LogP contribution < -0.4 is 7.55 Å². The molecule has 0 bridgehead atoms. The van der Waals surface area contributed by atoms with Crippen LogP contribution in [-0.2, 0) is 0 Å². The van der Waals surface area contributed by atoms with Crippen molar-refractivity contribution in [2.45, 2.75) is 25.1 Å².